The van der Waals surface area contributed by atoms with Crippen molar-refractivity contribution in [3.63, 3.8) is 0 Å². The fourth-order valence-electron chi connectivity index (χ4n) is 3.71. The van der Waals surface area contributed by atoms with Gasteiger partial charge in [0, 0.05) is 46.3 Å². The van der Waals surface area contributed by atoms with Crippen LogP contribution < -0.4 is 10.6 Å². The molecule has 1 aliphatic heterocycles. The Kier molecular flexibility index (Phi) is 6.42. The zero-order valence-electron chi connectivity index (χ0n) is 19.4. The molecule has 0 spiro atoms. The van der Waals surface area contributed by atoms with Crippen LogP contribution in [0.15, 0.2) is 54.6 Å². The minimum Gasteiger partial charge on any atom is -0.339 e. The lowest BCUT2D eigenvalue weighted by Crippen LogP contribution is -2.56. The van der Waals surface area contributed by atoms with Crippen LogP contribution >= 0.6 is 0 Å². The van der Waals surface area contributed by atoms with Gasteiger partial charge in [0.2, 0.25) is 11.9 Å². The summed E-state index contributed by atoms with van der Waals surface area (Å²) in [4.78, 5) is 46.9. The summed E-state index contributed by atoms with van der Waals surface area (Å²) in [5.41, 5.74) is 8.16. The van der Waals surface area contributed by atoms with Crippen LogP contribution in [-0.2, 0) is 17.9 Å². The van der Waals surface area contributed by atoms with Crippen molar-refractivity contribution in [3.8, 4) is 0 Å². The average Bonchev–Trinajstić information content (AvgIpc) is 3.28. The first-order chi connectivity index (χ1) is 16.3. The smallest absolute Gasteiger partial charge is 0.326 e. The summed E-state index contributed by atoms with van der Waals surface area (Å²) >= 11 is 0. The monoisotopic (exact) mass is 461 g/mol. The first-order valence-electron chi connectivity index (χ1n) is 10.9. The lowest BCUT2D eigenvalue weighted by atomic mass is 9.98. The van der Waals surface area contributed by atoms with Gasteiger partial charge in [-0.25, -0.2) is 4.79 Å². The molecular weight excluding hydrogens is 434 g/mol. The van der Waals surface area contributed by atoms with Gasteiger partial charge in [-0.05, 0) is 23.3 Å². The van der Waals surface area contributed by atoms with Crippen LogP contribution in [0.2, 0.25) is 0 Å². The summed E-state index contributed by atoms with van der Waals surface area (Å²) in [6.45, 7) is 1.10. The molecule has 1 unspecified atom stereocenters. The molecule has 0 bridgehead atoms. The Morgan fingerprint density at radius 3 is 2.26 bits per heavy atom. The zero-order chi connectivity index (χ0) is 24.4. The van der Waals surface area contributed by atoms with Crippen LogP contribution in [0.3, 0.4) is 0 Å². The van der Waals surface area contributed by atoms with Crippen molar-refractivity contribution in [3.05, 3.63) is 77.1 Å². The molecule has 1 fully saturated rings. The number of anilines is 1. The summed E-state index contributed by atoms with van der Waals surface area (Å²) in [7, 11) is 4.98. The van der Waals surface area contributed by atoms with E-state index in [2.05, 4.69) is 10.1 Å². The molecule has 4 rings (SSSR count). The maximum absolute atomic E-state index is 13.3. The van der Waals surface area contributed by atoms with Gasteiger partial charge in [0.25, 0.3) is 5.91 Å². The van der Waals surface area contributed by atoms with Crippen LogP contribution in [0.4, 0.5) is 10.7 Å². The second kappa shape index (κ2) is 9.44. The SMILES string of the molecule is CN(C)C(=O)N1CC(c2nc(N(C)Cc3ccc(CN)cc3)n(C(=O)c3ccccc3)n2)C1=O. The van der Waals surface area contributed by atoms with Crippen LogP contribution in [0, 0.1) is 0 Å². The number of amides is 3. The van der Waals surface area contributed by atoms with Crippen molar-refractivity contribution in [1.82, 2.24) is 24.6 Å². The number of urea groups is 1. The molecule has 1 atom stereocenters. The van der Waals surface area contributed by atoms with E-state index in [4.69, 9.17) is 5.73 Å². The van der Waals surface area contributed by atoms with E-state index in [1.54, 1.807) is 43.3 Å². The van der Waals surface area contributed by atoms with Crippen LogP contribution in [0.1, 0.15) is 33.2 Å². The molecule has 0 aliphatic carbocycles. The molecule has 0 radical (unpaired) electrons. The number of nitrogens with two attached hydrogens (primary N) is 1. The van der Waals surface area contributed by atoms with E-state index in [-0.39, 0.29) is 30.2 Å². The van der Waals surface area contributed by atoms with E-state index in [0.717, 1.165) is 16.0 Å². The van der Waals surface area contributed by atoms with Gasteiger partial charge in [-0.15, -0.1) is 5.10 Å². The standard InChI is InChI=1S/C24H27N7O3/c1-28(2)24(34)30-15-19(22(30)33)20-26-23(29(3)14-17-11-9-16(13-25)10-12-17)31(27-20)21(32)18-7-5-4-6-8-18/h4-12,19H,13-15,25H2,1-3H3. The maximum Gasteiger partial charge on any atom is 0.326 e. The molecule has 10 nitrogen and oxygen atoms in total. The minimum atomic E-state index is -0.676. The third-order valence-corrected chi connectivity index (χ3v) is 5.69. The van der Waals surface area contributed by atoms with Crippen LogP contribution in [-0.4, -0.2) is 70.1 Å². The van der Waals surface area contributed by atoms with E-state index >= 15 is 0 Å². The van der Waals surface area contributed by atoms with Gasteiger partial charge in [-0.2, -0.15) is 9.67 Å². The molecular formula is C24H27N7O3. The van der Waals surface area contributed by atoms with Gasteiger partial charge in [-0.1, -0.05) is 42.5 Å². The van der Waals surface area contributed by atoms with E-state index in [9.17, 15) is 14.4 Å². The topological polar surface area (TPSA) is 118 Å². The number of benzene rings is 2. The normalized spacial score (nSPS) is 15.1. The van der Waals surface area contributed by atoms with Crippen molar-refractivity contribution in [2.75, 3.05) is 32.6 Å². The van der Waals surface area contributed by atoms with Gasteiger partial charge < -0.3 is 15.5 Å². The number of hydrogen-bond acceptors (Lipinski definition) is 7. The van der Waals surface area contributed by atoms with Gasteiger partial charge in [0.05, 0.1) is 0 Å². The Morgan fingerprint density at radius 2 is 1.68 bits per heavy atom. The summed E-state index contributed by atoms with van der Waals surface area (Å²) in [6.07, 6.45) is 0. The molecule has 1 aromatic heterocycles. The third kappa shape index (κ3) is 4.40. The average molecular weight is 462 g/mol. The number of β-lactam (4-membered cyclic amide) rings is 1. The second-order valence-electron chi connectivity index (χ2n) is 8.41. The molecule has 2 N–H and O–H groups in total. The van der Waals surface area contributed by atoms with Crippen molar-refractivity contribution < 1.29 is 14.4 Å². The number of carbonyl (C=O) groups is 3. The highest BCUT2D eigenvalue weighted by Crippen LogP contribution is 2.29. The van der Waals surface area contributed by atoms with Crippen LogP contribution in [0.25, 0.3) is 0 Å². The van der Waals surface area contributed by atoms with Gasteiger partial charge in [-0.3, -0.25) is 14.5 Å². The summed E-state index contributed by atoms with van der Waals surface area (Å²) in [5, 5.41) is 4.41. The molecule has 0 saturated carbocycles. The van der Waals surface area contributed by atoms with Gasteiger partial charge in [0.1, 0.15) is 5.92 Å². The van der Waals surface area contributed by atoms with Crippen molar-refractivity contribution >= 4 is 23.8 Å². The second-order valence-corrected chi connectivity index (χ2v) is 8.41. The highest BCUT2D eigenvalue weighted by molar-refractivity contribution is 6.02. The number of likely N-dealkylation sites (tertiary alicyclic amines) is 1. The largest absolute Gasteiger partial charge is 0.339 e. The summed E-state index contributed by atoms with van der Waals surface area (Å²) in [5.74, 6) is -0.874. The third-order valence-electron chi connectivity index (χ3n) is 5.69. The number of rotatable bonds is 6. The number of nitrogens with zero attached hydrogens (tertiary/aromatic N) is 6. The van der Waals surface area contributed by atoms with Crippen molar-refractivity contribution in [2.45, 2.75) is 19.0 Å². The Hall–Kier alpha value is -4.05. The molecule has 176 valence electrons. The van der Waals surface area contributed by atoms with Crippen molar-refractivity contribution in [1.29, 1.82) is 0 Å². The summed E-state index contributed by atoms with van der Waals surface area (Å²) in [6, 6.07) is 16.2. The number of aromatic nitrogens is 3. The first kappa shape index (κ1) is 23.1. The predicted molar refractivity (Wildman–Crippen MR) is 126 cm³/mol. The lowest BCUT2D eigenvalue weighted by Gasteiger charge is -2.36. The molecule has 2 aromatic carbocycles. The first-order valence-corrected chi connectivity index (χ1v) is 10.9. The van der Waals surface area contributed by atoms with E-state index in [1.165, 1.54) is 9.58 Å². The fourth-order valence-corrected chi connectivity index (χ4v) is 3.71. The molecule has 1 aliphatic rings. The predicted octanol–water partition coefficient (Wildman–Crippen LogP) is 1.67. The van der Waals surface area contributed by atoms with E-state index in [0.29, 0.717) is 24.6 Å². The van der Waals surface area contributed by atoms with E-state index in [1.807, 2.05) is 37.4 Å². The Bertz CT molecular complexity index is 1210. The number of carbonyl (C=O) groups excluding carboxylic acids is 3. The molecule has 2 heterocycles. The van der Waals surface area contributed by atoms with Crippen molar-refractivity contribution in [2.24, 2.45) is 5.73 Å². The molecule has 3 aromatic rings. The maximum atomic E-state index is 13.3. The Labute approximate surface area is 197 Å². The van der Waals surface area contributed by atoms with E-state index < -0.39 is 5.92 Å². The van der Waals surface area contributed by atoms with Gasteiger partial charge in [0.15, 0.2) is 5.82 Å². The Balaban J connectivity index is 1.64. The highest BCUT2D eigenvalue weighted by Gasteiger charge is 2.45. The molecule has 10 heteroatoms. The molecule has 3 amide bonds. The molecule has 34 heavy (non-hydrogen) atoms. The van der Waals surface area contributed by atoms with Gasteiger partial charge >= 0.3 is 6.03 Å². The Morgan fingerprint density at radius 1 is 1.03 bits per heavy atom. The molecule has 1 saturated heterocycles. The lowest BCUT2D eigenvalue weighted by molar-refractivity contribution is -0.139. The summed E-state index contributed by atoms with van der Waals surface area (Å²) < 4.78 is 1.22. The number of imide groups is 1. The zero-order valence-corrected chi connectivity index (χ0v) is 19.4. The highest BCUT2D eigenvalue weighted by atomic mass is 16.2. The quantitative estimate of drug-likeness (QED) is 0.555. The fraction of sp³-hybridized carbons (Fsp3) is 0.292. The number of hydrogen-bond donors (Lipinski definition) is 1. The minimum absolute atomic E-state index is 0.170. The van der Waals surface area contributed by atoms with Crippen LogP contribution in [0.5, 0.6) is 0 Å².